The van der Waals surface area contributed by atoms with Crippen LogP contribution in [-0.2, 0) is 4.79 Å². The fourth-order valence-electron chi connectivity index (χ4n) is 2.61. The van der Waals surface area contributed by atoms with Gasteiger partial charge >= 0.3 is 12.1 Å². The number of aliphatic carboxylic acids is 1. The number of carboxylic acid groups (broad SMARTS) is 2. The van der Waals surface area contributed by atoms with Crippen molar-refractivity contribution in [1.29, 1.82) is 0 Å². The van der Waals surface area contributed by atoms with Crippen molar-refractivity contribution in [3.8, 4) is 0 Å². The third-order valence-corrected chi connectivity index (χ3v) is 3.77. The highest BCUT2D eigenvalue weighted by atomic mass is 16.4. The van der Waals surface area contributed by atoms with E-state index in [4.69, 9.17) is 5.73 Å². The highest BCUT2D eigenvalue weighted by Gasteiger charge is 2.52. The molecule has 1 amide bonds. The molecule has 0 saturated heterocycles. The molecular weight excluding hydrogens is 300 g/mol. The summed E-state index contributed by atoms with van der Waals surface area (Å²) in [4.78, 5) is 37.1. The molecule has 0 aromatic heterocycles. The summed E-state index contributed by atoms with van der Waals surface area (Å²) in [5.74, 6) is -2.19. The number of benzene rings is 1. The van der Waals surface area contributed by atoms with Crippen molar-refractivity contribution in [2.24, 2.45) is 5.73 Å². The third-order valence-electron chi connectivity index (χ3n) is 3.77. The average molecular weight is 322 g/mol. The van der Waals surface area contributed by atoms with Crippen LogP contribution >= 0.6 is 0 Å². The molecule has 0 bridgehead atoms. The van der Waals surface area contributed by atoms with Crippen molar-refractivity contribution in [2.75, 3.05) is 13.1 Å². The molecule has 0 fully saturated rings. The van der Waals surface area contributed by atoms with Crippen molar-refractivity contribution < 1.29 is 24.6 Å². The fourth-order valence-corrected chi connectivity index (χ4v) is 2.61. The van der Waals surface area contributed by atoms with Crippen LogP contribution in [0.3, 0.4) is 0 Å². The zero-order chi connectivity index (χ0) is 17.5. The van der Waals surface area contributed by atoms with E-state index in [0.717, 1.165) is 0 Å². The maximum absolute atomic E-state index is 12.9. The summed E-state index contributed by atoms with van der Waals surface area (Å²) in [5, 5.41) is 19.1. The Morgan fingerprint density at radius 3 is 2.17 bits per heavy atom. The molecule has 4 N–H and O–H groups in total. The summed E-state index contributed by atoms with van der Waals surface area (Å²) in [6.45, 7) is 1.74. The normalized spacial score (nSPS) is 13.1. The molecule has 0 heterocycles. The number of ketones is 1. The monoisotopic (exact) mass is 322 g/mol. The van der Waals surface area contributed by atoms with Crippen LogP contribution in [-0.4, -0.2) is 51.6 Å². The Labute approximate surface area is 134 Å². The van der Waals surface area contributed by atoms with Gasteiger partial charge in [-0.3, -0.25) is 9.69 Å². The van der Waals surface area contributed by atoms with E-state index in [9.17, 15) is 24.6 Å². The van der Waals surface area contributed by atoms with Gasteiger partial charge in [-0.05, 0) is 32.7 Å². The van der Waals surface area contributed by atoms with Crippen LogP contribution < -0.4 is 5.73 Å². The lowest BCUT2D eigenvalue weighted by atomic mass is 9.82. The number of nitrogens with zero attached hydrogens (tertiary/aromatic N) is 1. The lowest BCUT2D eigenvalue weighted by Crippen LogP contribution is -2.61. The van der Waals surface area contributed by atoms with E-state index in [1.807, 2.05) is 0 Å². The Kier molecular flexibility index (Phi) is 6.71. The number of amides is 1. The van der Waals surface area contributed by atoms with Gasteiger partial charge in [0, 0.05) is 12.1 Å². The Morgan fingerprint density at radius 2 is 1.74 bits per heavy atom. The maximum Gasteiger partial charge on any atom is 0.408 e. The molecule has 0 aliphatic rings. The quantitative estimate of drug-likeness (QED) is 0.362. The highest BCUT2D eigenvalue weighted by molar-refractivity contribution is 6.17. The topological polar surface area (TPSA) is 121 Å². The molecule has 7 nitrogen and oxygen atoms in total. The first-order valence-electron chi connectivity index (χ1n) is 7.45. The number of nitrogens with two attached hydrogens (primary N) is 1. The molecule has 23 heavy (non-hydrogen) atoms. The molecule has 1 aromatic rings. The smallest absolute Gasteiger partial charge is 0.408 e. The lowest BCUT2D eigenvalue weighted by molar-refractivity contribution is -0.147. The molecule has 126 valence electrons. The van der Waals surface area contributed by atoms with Gasteiger partial charge in [-0.1, -0.05) is 30.3 Å². The SMILES string of the molecule is CCN(C(=O)O)[C@@](CCCCN)(C(=O)O)C(=O)c1ccccc1. The van der Waals surface area contributed by atoms with E-state index < -0.39 is 23.4 Å². The van der Waals surface area contributed by atoms with E-state index in [2.05, 4.69) is 0 Å². The molecule has 0 radical (unpaired) electrons. The first-order valence-corrected chi connectivity index (χ1v) is 7.45. The number of likely N-dealkylation sites (N-methyl/N-ethyl adjacent to an activating group) is 1. The number of carbonyl (C=O) groups is 3. The second kappa shape index (κ2) is 8.28. The zero-order valence-electron chi connectivity index (χ0n) is 13.1. The van der Waals surface area contributed by atoms with Gasteiger partial charge in [0.05, 0.1) is 0 Å². The van der Waals surface area contributed by atoms with E-state index in [1.54, 1.807) is 18.2 Å². The van der Waals surface area contributed by atoms with E-state index in [-0.39, 0.29) is 18.5 Å². The Bertz CT molecular complexity index is 561. The van der Waals surface area contributed by atoms with Crippen LogP contribution in [0.5, 0.6) is 0 Å². The molecule has 0 aliphatic carbocycles. The number of Topliss-reactive ketones (excluding diaryl/α,β-unsaturated/α-hetero) is 1. The molecular formula is C16H22N2O5. The van der Waals surface area contributed by atoms with Crippen LogP contribution in [0.25, 0.3) is 0 Å². The summed E-state index contributed by atoms with van der Waals surface area (Å²) in [7, 11) is 0. The van der Waals surface area contributed by atoms with Crippen molar-refractivity contribution in [3.63, 3.8) is 0 Å². The number of unbranched alkanes of at least 4 members (excludes halogenated alkanes) is 1. The van der Waals surface area contributed by atoms with E-state index >= 15 is 0 Å². The first kappa shape index (κ1) is 18.6. The first-order chi connectivity index (χ1) is 10.9. The molecule has 0 unspecified atom stereocenters. The van der Waals surface area contributed by atoms with Crippen molar-refractivity contribution in [2.45, 2.75) is 31.7 Å². The zero-order valence-corrected chi connectivity index (χ0v) is 13.1. The van der Waals surface area contributed by atoms with Crippen molar-refractivity contribution in [1.82, 2.24) is 4.90 Å². The Hall–Kier alpha value is -2.41. The van der Waals surface area contributed by atoms with Crippen molar-refractivity contribution >= 4 is 17.8 Å². The van der Waals surface area contributed by atoms with E-state index in [0.29, 0.717) is 24.3 Å². The maximum atomic E-state index is 12.9. The Balaban J connectivity index is 3.39. The van der Waals surface area contributed by atoms with Crippen LogP contribution in [0, 0.1) is 0 Å². The third kappa shape index (κ3) is 3.87. The van der Waals surface area contributed by atoms with Gasteiger partial charge < -0.3 is 15.9 Å². The van der Waals surface area contributed by atoms with Crippen LogP contribution in [0.4, 0.5) is 4.79 Å². The summed E-state index contributed by atoms with van der Waals surface area (Å²) in [6.07, 6.45) is -0.709. The minimum atomic E-state index is -2.14. The fraction of sp³-hybridized carbons (Fsp3) is 0.438. The molecule has 0 saturated carbocycles. The molecule has 1 aromatic carbocycles. The summed E-state index contributed by atoms with van der Waals surface area (Å²) < 4.78 is 0. The number of hydrogen-bond acceptors (Lipinski definition) is 4. The summed E-state index contributed by atoms with van der Waals surface area (Å²) in [6, 6.07) is 7.88. The second-order valence-corrected chi connectivity index (χ2v) is 5.13. The van der Waals surface area contributed by atoms with Crippen LogP contribution in [0.2, 0.25) is 0 Å². The minimum absolute atomic E-state index is 0.108. The predicted octanol–water partition coefficient (Wildman–Crippen LogP) is 1.82. The van der Waals surface area contributed by atoms with Crippen LogP contribution in [0.1, 0.15) is 36.5 Å². The Morgan fingerprint density at radius 1 is 1.13 bits per heavy atom. The lowest BCUT2D eigenvalue weighted by Gasteiger charge is -2.37. The van der Waals surface area contributed by atoms with Gasteiger partial charge in [0.25, 0.3) is 0 Å². The van der Waals surface area contributed by atoms with E-state index in [1.165, 1.54) is 19.1 Å². The van der Waals surface area contributed by atoms with Gasteiger partial charge in [-0.2, -0.15) is 0 Å². The number of carboxylic acids is 1. The van der Waals surface area contributed by atoms with Gasteiger partial charge in [0.2, 0.25) is 5.54 Å². The number of carbonyl (C=O) groups excluding carboxylic acids is 1. The second-order valence-electron chi connectivity index (χ2n) is 5.13. The molecule has 0 spiro atoms. The average Bonchev–Trinajstić information content (AvgIpc) is 2.53. The van der Waals surface area contributed by atoms with Gasteiger partial charge in [0.1, 0.15) is 0 Å². The molecule has 7 heteroatoms. The predicted molar refractivity (Wildman–Crippen MR) is 84.4 cm³/mol. The van der Waals surface area contributed by atoms with Gasteiger partial charge in [-0.25, -0.2) is 9.59 Å². The summed E-state index contributed by atoms with van der Waals surface area (Å²) >= 11 is 0. The number of hydrogen-bond donors (Lipinski definition) is 3. The van der Waals surface area contributed by atoms with Crippen LogP contribution in [0.15, 0.2) is 30.3 Å². The molecule has 1 atom stereocenters. The molecule has 1 rings (SSSR count). The van der Waals surface area contributed by atoms with Gasteiger partial charge in [-0.15, -0.1) is 0 Å². The highest BCUT2D eigenvalue weighted by Crippen LogP contribution is 2.28. The standard InChI is InChI=1S/C16H22N2O5/c1-2-18(15(22)23)16(14(20)21,10-6-7-11-17)13(19)12-8-4-3-5-9-12/h3-5,8-9H,2,6-7,10-11,17H2,1H3,(H,20,21)(H,22,23)/t16-/m1/s1. The minimum Gasteiger partial charge on any atom is -0.479 e. The van der Waals surface area contributed by atoms with Gasteiger partial charge in [0.15, 0.2) is 5.78 Å². The largest absolute Gasteiger partial charge is 0.479 e. The molecule has 0 aliphatic heterocycles. The van der Waals surface area contributed by atoms with Crippen molar-refractivity contribution in [3.05, 3.63) is 35.9 Å². The number of rotatable bonds is 9. The summed E-state index contributed by atoms with van der Waals surface area (Å²) in [5.41, 5.74) is 3.45.